The standard InChI is InChI=1S/C37H19N3O3.C28H21BO5.C15H10ClN3.H2P/c1-3-9-20(10-4-1)35-38-36(21-11-5-2-6-12-21)40-37(39-35)24-15-16-27-31-30-26(42-34(24)31)18-17-25-29(30)32-28(41-25)19-22-13-7-8-14-23(22)33(32)43-27;1-27(2)28(3,4)34-29(33-27)16-9-10-19-23-22-18(32-26(16)23)12-11-17-21(22)24-20(30-17)13-14-7-5-6-8-15(14)25(24)31-19;16-15-18-13(11-7-3-1-4-8-11)17-14(19-15)12-9-5-2-6-10-12;/h1-19H;5-13H,1-4H3;1-10H;1H2/q;;;-1. The highest BCUT2D eigenvalue weighted by Crippen LogP contribution is 2.50. The Kier molecular flexibility index (Phi) is 13.3. The van der Waals surface area contributed by atoms with Gasteiger partial charge in [-0.05, 0) is 105 Å². The van der Waals surface area contributed by atoms with Crippen molar-refractivity contribution in [1.82, 2.24) is 29.9 Å². The Labute approximate surface area is 559 Å². The summed E-state index contributed by atoms with van der Waals surface area (Å²) in [6.45, 7) is 8.23. The van der Waals surface area contributed by atoms with E-state index in [2.05, 4.69) is 79.0 Å². The summed E-state index contributed by atoms with van der Waals surface area (Å²) in [7, 11) is -0.536. The van der Waals surface area contributed by atoms with Crippen molar-refractivity contribution < 1.29 is 35.8 Å². The van der Waals surface area contributed by atoms with E-state index in [0.717, 1.165) is 159 Å². The van der Waals surface area contributed by atoms with Gasteiger partial charge in [0, 0.05) is 60.0 Å². The van der Waals surface area contributed by atoms with Crippen LogP contribution in [0.1, 0.15) is 27.7 Å². The smallest absolute Gasteiger partial charge is 0.498 e. The highest BCUT2D eigenvalue weighted by Gasteiger charge is 2.52. The number of hydrogen-bond donors (Lipinski definition) is 0. The van der Waals surface area contributed by atoms with Crippen LogP contribution in [0.3, 0.4) is 0 Å². The molecule has 1 aliphatic rings. The van der Waals surface area contributed by atoms with E-state index in [1.807, 2.05) is 194 Å². The van der Waals surface area contributed by atoms with E-state index in [9.17, 15) is 0 Å². The number of benzene rings is 12. The summed E-state index contributed by atoms with van der Waals surface area (Å²) in [6.07, 6.45) is 0. The molecule has 466 valence electrons. The van der Waals surface area contributed by atoms with Crippen LogP contribution in [-0.2, 0) is 9.31 Å². The summed E-state index contributed by atoms with van der Waals surface area (Å²) in [6, 6.07) is 75.9. The van der Waals surface area contributed by atoms with Gasteiger partial charge in [-0.2, -0.15) is 9.97 Å². The molecule has 0 bridgehead atoms. The molecule has 1 fully saturated rings. The Morgan fingerprint density at radius 2 is 0.619 bits per heavy atom. The largest absolute Gasteiger partial charge is 0.577 e. The molecule has 0 saturated carbocycles. The molecule has 0 radical (unpaired) electrons. The van der Waals surface area contributed by atoms with Crippen molar-refractivity contribution in [3.05, 3.63) is 236 Å². The molecule has 14 nitrogen and oxygen atoms in total. The second-order valence-electron chi connectivity index (χ2n) is 25.1. The number of nitrogens with zero attached hydrogens (tertiary/aromatic N) is 6. The molecule has 9 heterocycles. The van der Waals surface area contributed by atoms with Gasteiger partial charge in [0.2, 0.25) is 5.28 Å². The van der Waals surface area contributed by atoms with Crippen LogP contribution >= 0.6 is 21.5 Å². The zero-order valence-electron chi connectivity index (χ0n) is 52.4. The normalized spacial score (nSPS) is 13.8. The van der Waals surface area contributed by atoms with Crippen LogP contribution in [0.5, 0.6) is 0 Å². The van der Waals surface area contributed by atoms with Crippen molar-refractivity contribution in [2.75, 3.05) is 0 Å². The molecule has 21 rings (SSSR count). The molecule has 0 N–H and O–H groups in total. The predicted octanol–water partition coefficient (Wildman–Crippen LogP) is 21.3. The monoisotopic (exact) mass is 1300 g/mol. The summed E-state index contributed by atoms with van der Waals surface area (Å²) in [5, 5.41) is 12.2. The van der Waals surface area contributed by atoms with Gasteiger partial charge in [-0.3, -0.25) is 0 Å². The number of aromatic nitrogens is 6. The fourth-order valence-corrected chi connectivity index (χ4v) is 13.8. The number of hydrogen-bond acceptors (Lipinski definition) is 14. The first kappa shape index (κ1) is 58.3. The minimum absolute atomic E-state index is 0. The molecule has 0 unspecified atom stereocenters. The quantitative estimate of drug-likeness (QED) is 0.114. The maximum Gasteiger partial charge on any atom is 0.498 e. The first-order valence-corrected chi connectivity index (χ1v) is 32.0. The second-order valence-corrected chi connectivity index (χ2v) is 25.5. The van der Waals surface area contributed by atoms with E-state index < -0.39 is 18.3 Å². The molecule has 17 heteroatoms. The number of rotatable bonds is 6. The molecule has 0 spiro atoms. The lowest BCUT2D eigenvalue weighted by Gasteiger charge is -2.32. The van der Waals surface area contributed by atoms with Gasteiger partial charge in [0.25, 0.3) is 0 Å². The lowest BCUT2D eigenvalue weighted by atomic mass is 9.78. The minimum Gasteiger partial charge on any atom is -0.577 e. The van der Waals surface area contributed by atoms with Gasteiger partial charge in [-0.25, -0.2) is 19.9 Å². The summed E-state index contributed by atoms with van der Waals surface area (Å²) < 4.78 is 52.0. The Balaban J connectivity index is 0.000000113. The summed E-state index contributed by atoms with van der Waals surface area (Å²) in [4.78, 5) is 27.6. The average molecular weight is 1300 g/mol. The fourth-order valence-electron chi connectivity index (χ4n) is 13.6. The van der Waals surface area contributed by atoms with Crippen LogP contribution in [0, 0.1) is 0 Å². The Bertz CT molecular complexity index is 6320. The van der Waals surface area contributed by atoms with E-state index >= 15 is 0 Å². The first-order valence-electron chi connectivity index (χ1n) is 31.6. The van der Waals surface area contributed by atoms with Crippen molar-refractivity contribution in [1.29, 1.82) is 0 Å². The zero-order valence-corrected chi connectivity index (χ0v) is 54.3. The molecule has 0 amide bonds. The maximum absolute atomic E-state index is 6.79. The molecule has 12 aromatic carbocycles. The lowest BCUT2D eigenvalue weighted by Crippen LogP contribution is -2.41. The lowest BCUT2D eigenvalue weighted by molar-refractivity contribution is 0.00578. The third kappa shape index (κ3) is 9.29. The molecule has 1 aliphatic heterocycles. The predicted molar refractivity (Wildman–Crippen MR) is 390 cm³/mol. The Morgan fingerprint density at radius 1 is 0.299 bits per heavy atom. The fraction of sp³-hybridized carbons (Fsp3) is 0.0750. The zero-order chi connectivity index (χ0) is 64.1. The van der Waals surface area contributed by atoms with Gasteiger partial charge in [-0.15, -0.1) is 0 Å². The van der Waals surface area contributed by atoms with Crippen molar-refractivity contribution in [3.8, 4) is 56.9 Å². The van der Waals surface area contributed by atoms with Crippen molar-refractivity contribution in [2.45, 2.75) is 38.9 Å². The molecular weight excluding hydrogens is 1250 g/mol. The molecule has 97 heavy (non-hydrogen) atoms. The minimum atomic E-state index is -0.536. The topological polar surface area (TPSA) is 175 Å². The molecule has 1 saturated heterocycles. The Hall–Kier alpha value is -11.3. The molecule has 0 atom stereocenters. The molecule has 8 aromatic heterocycles. The number of furan rings is 4. The average Bonchev–Trinajstić information content (AvgIpc) is 1.55. The van der Waals surface area contributed by atoms with Crippen molar-refractivity contribution in [3.63, 3.8) is 0 Å². The number of halogens is 1. The Morgan fingerprint density at radius 3 is 1.06 bits per heavy atom. The van der Waals surface area contributed by atoms with Crippen LogP contribution in [0.15, 0.2) is 257 Å². The molecular formula is C80H52BClN6O8P-. The van der Waals surface area contributed by atoms with Crippen LogP contribution in [0.25, 0.3) is 189 Å². The SMILES string of the molecule is CC1(C)OB(c2ccc3oc4c5ccccc5cc5oc6ccc7oc2c3c7c6c54)OC1(C)C.Clc1nc(-c2ccccc2)nc(-c2ccccc2)n1.[PH2-].c1ccc(-c2nc(-c3ccccc3)nc(-c3ccc4oc5c6ccccc6cc6oc7ccc8oc3c4c8c7c65)n2)cc1. The van der Waals surface area contributed by atoms with Gasteiger partial charge in [0.15, 0.2) is 29.1 Å². The van der Waals surface area contributed by atoms with Crippen molar-refractivity contribution >= 4 is 166 Å². The van der Waals surface area contributed by atoms with Crippen LogP contribution < -0.4 is 5.46 Å². The van der Waals surface area contributed by atoms with Gasteiger partial charge in [0.05, 0.1) is 38.3 Å². The summed E-state index contributed by atoms with van der Waals surface area (Å²) >= 11 is 5.99. The van der Waals surface area contributed by atoms with Gasteiger partial charge < -0.3 is 45.7 Å². The highest BCUT2D eigenvalue weighted by atomic mass is 35.5. The second kappa shape index (κ2) is 22.1. The first-order chi connectivity index (χ1) is 46.9. The van der Waals surface area contributed by atoms with Crippen LogP contribution in [0.4, 0.5) is 0 Å². The maximum atomic E-state index is 6.79. The number of fused-ring (bicyclic) bond motifs is 4. The van der Waals surface area contributed by atoms with Crippen LogP contribution in [-0.4, -0.2) is 48.2 Å². The van der Waals surface area contributed by atoms with Gasteiger partial charge in [0.1, 0.15) is 67.0 Å². The van der Waals surface area contributed by atoms with E-state index in [1.165, 1.54) is 0 Å². The summed E-state index contributed by atoms with van der Waals surface area (Å²) in [5.41, 5.74) is 13.6. The third-order valence-electron chi connectivity index (χ3n) is 18.9. The van der Waals surface area contributed by atoms with Gasteiger partial charge >= 0.3 is 7.12 Å². The van der Waals surface area contributed by atoms with E-state index in [-0.39, 0.29) is 15.2 Å². The molecule has 20 aromatic rings. The van der Waals surface area contributed by atoms with E-state index in [1.54, 1.807) is 0 Å². The van der Waals surface area contributed by atoms with E-state index in [4.69, 9.17) is 62.4 Å². The highest BCUT2D eigenvalue weighted by molar-refractivity contribution is 6.92. The summed E-state index contributed by atoms with van der Waals surface area (Å²) in [5.74, 6) is 2.88. The van der Waals surface area contributed by atoms with Crippen LogP contribution in [0.2, 0.25) is 5.28 Å². The molecule has 0 aliphatic carbocycles. The third-order valence-corrected chi connectivity index (χ3v) is 19.0. The van der Waals surface area contributed by atoms with Gasteiger partial charge in [-0.1, -0.05) is 176 Å². The van der Waals surface area contributed by atoms with Crippen molar-refractivity contribution in [2.24, 2.45) is 0 Å². The van der Waals surface area contributed by atoms with E-state index in [0.29, 0.717) is 34.7 Å².